The highest BCUT2D eigenvalue weighted by Crippen LogP contribution is 2.32. The van der Waals surface area contributed by atoms with E-state index in [9.17, 15) is 4.79 Å². The second-order valence-electron chi connectivity index (χ2n) is 2.76. The molecule has 5 heteroatoms. The number of carbonyl (C=O) groups excluding carboxylic acids is 1. The van der Waals surface area contributed by atoms with Crippen LogP contribution in [0.5, 0.6) is 11.5 Å². The average Bonchev–Trinajstić information content (AvgIpc) is 2.26. The number of benzene rings is 1. The van der Waals surface area contributed by atoms with Gasteiger partial charge in [0, 0.05) is 11.5 Å². The van der Waals surface area contributed by atoms with Crippen molar-refractivity contribution in [3.05, 3.63) is 22.2 Å². The van der Waals surface area contributed by atoms with E-state index in [2.05, 4.69) is 21.2 Å². The van der Waals surface area contributed by atoms with E-state index in [1.807, 2.05) is 0 Å². The molecule has 0 aliphatic carbocycles. The van der Waals surface area contributed by atoms with Crippen molar-refractivity contribution in [2.45, 2.75) is 0 Å². The van der Waals surface area contributed by atoms with Crippen molar-refractivity contribution in [2.75, 3.05) is 21.3 Å². The fourth-order valence-electron chi connectivity index (χ4n) is 1.23. The molecule has 0 bridgehead atoms. The molecule has 15 heavy (non-hydrogen) atoms. The van der Waals surface area contributed by atoms with Crippen LogP contribution in [0.15, 0.2) is 16.6 Å². The summed E-state index contributed by atoms with van der Waals surface area (Å²) in [5.41, 5.74) is 0.394. The van der Waals surface area contributed by atoms with Crippen molar-refractivity contribution in [3.8, 4) is 11.5 Å². The third-order valence-electron chi connectivity index (χ3n) is 1.92. The number of carbonyl (C=O) groups is 1. The van der Waals surface area contributed by atoms with E-state index >= 15 is 0 Å². The van der Waals surface area contributed by atoms with Gasteiger partial charge in [0.15, 0.2) is 0 Å². The second-order valence-corrected chi connectivity index (χ2v) is 3.68. The lowest BCUT2D eigenvalue weighted by Gasteiger charge is -2.12. The quantitative estimate of drug-likeness (QED) is 0.914. The van der Waals surface area contributed by atoms with Crippen molar-refractivity contribution in [1.82, 2.24) is 5.32 Å². The zero-order valence-corrected chi connectivity index (χ0v) is 10.3. The Labute approximate surface area is 96.7 Å². The Kier molecular flexibility index (Phi) is 3.96. The van der Waals surface area contributed by atoms with Crippen molar-refractivity contribution >= 4 is 21.8 Å². The van der Waals surface area contributed by atoms with Crippen LogP contribution in [-0.2, 0) is 0 Å². The number of amides is 1. The van der Waals surface area contributed by atoms with E-state index in [1.165, 1.54) is 14.2 Å². The van der Waals surface area contributed by atoms with Gasteiger partial charge < -0.3 is 14.8 Å². The maximum absolute atomic E-state index is 11.6. The Balaban J connectivity index is 3.36. The maximum Gasteiger partial charge on any atom is 0.258 e. The maximum atomic E-state index is 11.6. The predicted molar refractivity (Wildman–Crippen MR) is 60.6 cm³/mol. The topological polar surface area (TPSA) is 47.6 Å². The highest BCUT2D eigenvalue weighted by molar-refractivity contribution is 9.10. The first-order valence-corrected chi connectivity index (χ1v) is 5.07. The Hall–Kier alpha value is -1.23. The molecule has 0 aliphatic heterocycles. The number of hydrogen-bond donors (Lipinski definition) is 1. The number of hydrogen-bond acceptors (Lipinski definition) is 3. The number of ether oxygens (including phenoxy) is 2. The number of rotatable bonds is 3. The Morgan fingerprint density at radius 1 is 1.27 bits per heavy atom. The molecule has 0 saturated heterocycles. The molecule has 0 heterocycles. The van der Waals surface area contributed by atoms with Crippen LogP contribution in [0.25, 0.3) is 0 Å². The predicted octanol–water partition coefficient (Wildman–Crippen LogP) is 1.83. The van der Waals surface area contributed by atoms with Gasteiger partial charge in [0.1, 0.15) is 17.1 Å². The molecular formula is C10H12BrNO3. The number of methoxy groups -OCH3 is 2. The van der Waals surface area contributed by atoms with Gasteiger partial charge >= 0.3 is 0 Å². The zero-order valence-electron chi connectivity index (χ0n) is 8.76. The third-order valence-corrected chi connectivity index (χ3v) is 2.38. The lowest BCUT2D eigenvalue weighted by Crippen LogP contribution is -2.19. The standard InChI is InChI=1S/C10H12BrNO3/c1-12-10(13)9-7(14-2)4-6(11)5-8(9)15-3/h4-5H,1-3H3,(H,12,13). The van der Waals surface area contributed by atoms with Crippen LogP contribution in [0.1, 0.15) is 10.4 Å². The molecule has 1 aromatic carbocycles. The molecule has 0 saturated carbocycles. The monoisotopic (exact) mass is 273 g/mol. The Morgan fingerprint density at radius 3 is 2.07 bits per heavy atom. The number of nitrogens with one attached hydrogen (secondary N) is 1. The molecule has 1 aromatic rings. The molecule has 0 aliphatic rings. The summed E-state index contributed by atoms with van der Waals surface area (Å²) in [5.74, 6) is 0.706. The molecule has 1 N–H and O–H groups in total. The van der Waals surface area contributed by atoms with E-state index in [1.54, 1.807) is 19.2 Å². The van der Waals surface area contributed by atoms with E-state index in [0.29, 0.717) is 17.1 Å². The minimum absolute atomic E-state index is 0.240. The molecule has 0 atom stereocenters. The molecule has 82 valence electrons. The van der Waals surface area contributed by atoms with E-state index in [-0.39, 0.29) is 5.91 Å². The lowest BCUT2D eigenvalue weighted by atomic mass is 10.1. The van der Waals surface area contributed by atoms with Crippen LogP contribution in [0.3, 0.4) is 0 Å². The molecule has 4 nitrogen and oxygen atoms in total. The minimum Gasteiger partial charge on any atom is -0.496 e. The van der Waals surface area contributed by atoms with Crippen LogP contribution in [0, 0.1) is 0 Å². The molecule has 1 amide bonds. The first-order valence-electron chi connectivity index (χ1n) is 4.27. The van der Waals surface area contributed by atoms with E-state index in [4.69, 9.17) is 9.47 Å². The van der Waals surface area contributed by atoms with Gasteiger partial charge in [-0.2, -0.15) is 0 Å². The molecule has 1 rings (SSSR count). The van der Waals surface area contributed by atoms with Crippen LogP contribution in [0.2, 0.25) is 0 Å². The fourth-order valence-corrected chi connectivity index (χ4v) is 1.64. The first-order chi connectivity index (χ1) is 7.13. The third kappa shape index (κ3) is 2.41. The highest BCUT2D eigenvalue weighted by atomic mass is 79.9. The molecule has 0 fully saturated rings. The average molecular weight is 274 g/mol. The van der Waals surface area contributed by atoms with Gasteiger partial charge in [0.05, 0.1) is 14.2 Å². The molecular weight excluding hydrogens is 262 g/mol. The summed E-state index contributed by atoms with van der Waals surface area (Å²) in [7, 11) is 4.57. The van der Waals surface area contributed by atoms with Gasteiger partial charge in [-0.1, -0.05) is 15.9 Å². The molecule has 0 unspecified atom stereocenters. The van der Waals surface area contributed by atoms with Crippen molar-refractivity contribution < 1.29 is 14.3 Å². The highest BCUT2D eigenvalue weighted by Gasteiger charge is 2.17. The van der Waals surface area contributed by atoms with Crippen molar-refractivity contribution in [3.63, 3.8) is 0 Å². The van der Waals surface area contributed by atoms with E-state index < -0.39 is 0 Å². The smallest absolute Gasteiger partial charge is 0.258 e. The van der Waals surface area contributed by atoms with Crippen LogP contribution < -0.4 is 14.8 Å². The SMILES string of the molecule is CNC(=O)c1c(OC)cc(Br)cc1OC. The largest absolute Gasteiger partial charge is 0.496 e. The lowest BCUT2D eigenvalue weighted by molar-refractivity contribution is 0.0957. The second kappa shape index (κ2) is 5.02. The van der Waals surface area contributed by atoms with Crippen LogP contribution in [0.4, 0.5) is 0 Å². The summed E-state index contributed by atoms with van der Waals surface area (Å²) >= 11 is 3.31. The normalized spacial score (nSPS) is 9.60. The number of halogens is 1. The van der Waals surface area contributed by atoms with Gasteiger partial charge in [0.25, 0.3) is 5.91 Å². The van der Waals surface area contributed by atoms with Crippen molar-refractivity contribution in [2.24, 2.45) is 0 Å². The first kappa shape index (κ1) is 11.8. The van der Waals surface area contributed by atoms with Crippen molar-refractivity contribution in [1.29, 1.82) is 0 Å². The van der Waals surface area contributed by atoms with Gasteiger partial charge in [-0.15, -0.1) is 0 Å². The molecule has 0 aromatic heterocycles. The fraction of sp³-hybridized carbons (Fsp3) is 0.300. The summed E-state index contributed by atoms with van der Waals surface area (Å²) in [6.45, 7) is 0. The summed E-state index contributed by atoms with van der Waals surface area (Å²) in [6.07, 6.45) is 0. The van der Waals surface area contributed by atoms with Gasteiger partial charge in [0.2, 0.25) is 0 Å². The van der Waals surface area contributed by atoms with Crippen LogP contribution >= 0.6 is 15.9 Å². The Morgan fingerprint density at radius 2 is 1.73 bits per heavy atom. The van der Waals surface area contributed by atoms with Gasteiger partial charge in [-0.05, 0) is 12.1 Å². The van der Waals surface area contributed by atoms with Gasteiger partial charge in [-0.3, -0.25) is 4.79 Å². The summed E-state index contributed by atoms with van der Waals surface area (Å²) < 4.78 is 11.0. The zero-order chi connectivity index (χ0) is 11.4. The summed E-state index contributed by atoms with van der Waals surface area (Å²) in [5, 5.41) is 2.54. The molecule has 0 radical (unpaired) electrons. The molecule has 0 spiro atoms. The summed E-state index contributed by atoms with van der Waals surface area (Å²) in [4.78, 5) is 11.6. The van der Waals surface area contributed by atoms with E-state index in [0.717, 1.165) is 4.47 Å². The van der Waals surface area contributed by atoms with Crippen LogP contribution in [-0.4, -0.2) is 27.2 Å². The summed E-state index contributed by atoms with van der Waals surface area (Å²) in [6, 6.07) is 3.43. The minimum atomic E-state index is -0.240. The van der Waals surface area contributed by atoms with Gasteiger partial charge in [-0.25, -0.2) is 0 Å². The Bertz CT molecular complexity index is 354.